The summed E-state index contributed by atoms with van der Waals surface area (Å²) >= 11 is 0. The minimum atomic E-state index is -0.427. The average Bonchev–Trinajstić information content (AvgIpc) is 3.19. The maximum atomic E-state index is 11.2. The van der Waals surface area contributed by atoms with E-state index in [0.29, 0.717) is 6.42 Å². The van der Waals surface area contributed by atoms with Crippen molar-refractivity contribution in [3.8, 4) is 0 Å². The molecule has 0 aliphatic carbocycles. The highest BCUT2D eigenvalue weighted by molar-refractivity contribution is 5.81. The number of carbonyl (C=O) groups excluding carboxylic acids is 1. The second-order valence-electron chi connectivity index (χ2n) is 4.14. The number of ether oxygens (including phenoxy) is 2. The molecule has 0 unspecified atom stereocenters. The average molecular weight is 244 g/mol. The van der Waals surface area contributed by atoms with Crippen LogP contribution in [0.4, 0.5) is 0 Å². The van der Waals surface area contributed by atoms with Gasteiger partial charge in [-0.1, -0.05) is 43.0 Å². The van der Waals surface area contributed by atoms with Crippen molar-refractivity contribution in [2.75, 3.05) is 0 Å². The van der Waals surface area contributed by atoms with Crippen LogP contribution in [0.1, 0.15) is 18.1 Å². The summed E-state index contributed by atoms with van der Waals surface area (Å²) in [5, 5.41) is 0. The van der Waals surface area contributed by atoms with Gasteiger partial charge in [-0.05, 0) is 5.56 Å². The predicted molar refractivity (Wildman–Crippen MR) is 68.9 cm³/mol. The zero-order chi connectivity index (χ0) is 13.0. The molecule has 1 aliphatic rings. The van der Waals surface area contributed by atoms with Crippen molar-refractivity contribution in [2.24, 2.45) is 0 Å². The van der Waals surface area contributed by atoms with Gasteiger partial charge in [-0.15, -0.1) is 6.58 Å². The fourth-order valence-corrected chi connectivity index (χ4v) is 1.93. The molecule has 1 aliphatic heterocycles. The Hall–Kier alpha value is -1.87. The van der Waals surface area contributed by atoms with Gasteiger partial charge in [-0.2, -0.15) is 0 Å². The predicted octanol–water partition coefficient (Wildman–Crippen LogP) is 2.80. The number of carbonyl (C=O) groups is 1. The molecule has 0 aromatic heterocycles. The lowest BCUT2D eigenvalue weighted by Gasteiger charge is -2.12. The lowest BCUT2D eigenvalue weighted by molar-refractivity contribution is -0.143. The number of hydrogen-bond donors (Lipinski definition) is 0. The van der Waals surface area contributed by atoms with Crippen molar-refractivity contribution in [3.63, 3.8) is 0 Å². The molecule has 2 rings (SSSR count). The molecule has 1 aromatic carbocycles. The largest absolute Gasteiger partial charge is 0.456 e. The van der Waals surface area contributed by atoms with Crippen LogP contribution in [-0.2, 0) is 14.3 Å². The molecule has 1 aromatic rings. The molecule has 0 N–H and O–H groups in total. The SMILES string of the molecule is C=CC[C@@H](OC(=O)C=C)[C@@H]1O[C@@H]1c1ccccc1. The van der Waals surface area contributed by atoms with Crippen molar-refractivity contribution in [1.29, 1.82) is 0 Å². The molecular weight excluding hydrogens is 228 g/mol. The Kier molecular flexibility index (Phi) is 3.95. The molecule has 0 amide bonds. The Morgan fingerprint density at radius 2 is 2.11 bits per heavy atom. The van der Waals surface area contributed by atoms with Crippen LogP contribution in [-0.4, -0.2) is 18.2 Å². The van der Waals surface area contributed by atoms with Crippen LogP contribution < -0.4 is 0 Å². The minimum Gasteiger partial charge on any atom is -0.456 e. The Bertz CT molecular complexity index is 438. The molecule has 0 spiro atoms. The highest BCUT2D eigenvalue weighted by Gasteiger charge is 2.47. The molecule has 3 heteroatoms. The van der Waals surface area contributed by atoms with E-state index in [1.165, 1.54) is 0 Å². The van der Waals surface area contributed by atoms with Crippen LogP contribution in [0.15, 0.2) is 55.6 Å². The van der Waals surface area contributed by atoms with E-state index < -0.39 is 5.97 Å². The number of rotatable bonds is 6. The van der Waals surface area contributed by atoms with Crippen LogP contribution in [0, 0.1) is 0 Å². The van der Waals surface area contributed by atoms with Gasteiger partial charge < -0.3 is 9.47 Å². The number of benzene rings is 1. The van der Waals surface area contributed by atoms with Gasteiger partial charge in [0.1, 0.15) is 18.3 Å². The monoisotopic (exact) mass is 244 g/mol. The van der Waals surface area contributed by atoms with E-state index >= 15 is 0 Å². The maximum Gasteiger partial charge on any atom is 0.330 e. The first-order valence-corrected chi connectivity index (χ1v) is 5.90. The zero-order valence-corrected chi connectivity index (χ0v) is 10.1. The third kappa shape index (κ3) is 2.87. The highest BCUT2D eigenvalue weighted by Crippen LogP contribution is 2.42. The first-order valence-electron chi connectivity index (χ1n) is 5.90. The summed E-state index contributed by atoms with van der Waals surface area (Å²) in [5.41, 5.74) is 1.10. The van der Waals surface area contributed by atoms with Crippen molar-refractivity contribution < 1.29 is 14.3 Å². The number of epoxide rings is 1. The molecule has 0 radical (unpaired) electrons. The Labute approximate surface area is 107 Å². The summed E-state index contributed by atoms with van der Waals surface area (Å²) in [6.45, 7) is 7.06. The van der Waals surface area contributed by atoms with Gasteiger partial charge in [0.25, 0.3) is 0 Å². The second-order valence-corrected chi connectivity index (χ2v) is 4.14. The molecule has 0 saturated carbocycles. The van der Waals surface area contributed by atoms with E-state index in [9.17, 15) is 4.79 Å². The first-order chi connectivity index (χ1) is 8.76. The van der Waals surface area contributed by atoms with Crippen LogP contribution in [0.3, 0.4) is 0 Å². The van der Waals surface area contributed by atoms with Gasteiger partial charge in [0.2, 0.25) is 0 Å². The summed E-state index contributed by atoms with van der Waals surface area (Å²) in [4.78, 5) is 11.2. The van der Waals surface area contributed by atoms with Gasteiger partial charge in [-0.3, -0.25) is 0 Å². The maximum absolute atomic E-state index is 11.2. The van der Waals surface area contributed by atoms with Crippen LogP contribution in [0.2, 0.25) is 0 Å². The number of esters is 1. The third-order valence-corrected chi connectivity index (χ3v) is 2.85. The highest BCUT2D eigenvalue weighted by atomic mass is 16.6. The molecular formula is C15H16O3. The lowest BCUT2D eigenvalue weighted by Crippen LogP contribution is -2.22. The van der Waals surface area contributed by atoms with Crippen molar-refractivity contribution >= 4 is 5.97 Å². The Morgan fingerprint density at radius 1 is 1.39 bits per heavy atom. The Morgan fingerprint density at radius 3 is 2.72 bits per heavy atom. The van der Waals surface area contributed by atoms with Crippen molar-refractivity contribution in [3.05, 3.63) is 61.2 Å². The summed E-state index contributed by atoms with van der Waals surface area (Å²) < 4.78 is 10.9. The fourth-order valence-electron chi connectivity index (χ4n) is 1.93. The quantitative estimate of drug-likeness (QED) is 0.334. The van der Waals surface area contributed by atoms with Gasteiger partial charge in [0, 0.05) is 12.5 Å². The zero-order valence-electron chi connectivity index (χ0n) is 10.1. The molecule has 3 atom stereocenters. The van der Waals surface area contributed by atoms with Gasteiger partial charge >= 0.3 is 5.97 Å². The summed E-state index contributed by atoms with van der Waals surface area (Å²) in [6, 6.07) is 9.90. The fraction of sp³-hybridized carbons (Fsp3) is 0.267. The van der Waals surface area contributed by atoms with Crippen molar-refractivity contribution in [2.45, 2.75) is 24.7 Å². The minimum absolute atomic E-state index is 0.00812. The second kappa shape index (κ2) is 5.65. The molecule has 94 valence electrons. The van der Waals surface area contributed by atoms with E-state index in [1.807, 2.05) is 30.3 Å². The van der Waals surface area contributed by atoms with E-state index in [4.69, 9.17) is 9.47 Å². The molecule has 18 heavy (non-hydrogen) atoms. The van der Waals surface area contributed by atoms with Gasteiger partial charge in [0.15, 0.2) is 0 Å². The van der Waals surface area contributed by atoms with Crippen LogP contribution >= 0.6 is 0 Å². The number of hydrogen-bond acceptors (Lipinski definition) is 3. The topological polar surface area (TPSA) is 38.8 Å². The Balaban J connectivity index is 2.00. The molecule has 0 bridgehead atoms. The van der Waals surface area contributed by atoms with E-state index in [-0.39, 0.29) is 18.3 Å². The van der Waals surface area contributed by atoms with Crippen LogP contribution in [0.5, 0.6) is 0 Å². The van der Waals surface area contributed by atoms with E-state index in [1.54, 1.807) is 6.08 Å². The summed E-state index contributed by atoms with van der Waals surface area (Å²) in [5.74, 6) is -0.427. The molecule has 3 nitrogen and oxygen atoms in total. The third-order valence-electron chi connectivity index (χ3n) is 2.85. The lowest BCUT2D eigenvalue weighted by atomic mass is 10.1. The standard InChI is InChI=1S/C15H16O3/c1-3-8-12(17-13(16)4-2)15-14(18-15)11-9-6-5-7-10-11/h3-7,9-10,12,14-15H,1-2,8H2/t12-,14-,15+/m1/s1. The molecule has 1 heterocycles. The van der Waals surface area contributed by atoms with Crippen molar-refractivity contribution in [1.82, 2.24) is 0 Å². The molecule has 1 fully saturated rings. The smallest absolute Gasteiger partial charge is 0.330 e. The van der Waals surface area contributed by atoms with Gasteiger partial charge in [-0.25, -0.2) is 4.79 Å². The normalized spacial score (nSPS) is 22.9. The first kappa shape index (κ1) is 12.6. The summed E-state index contributed by atoms with van der Waals surface area (Å²) in [7, 11) is 0. The van der Waals surface area contributed by atoms with Crippen LogP contribution in [0.25, 0.3) is 0 Å². The van der Waals surface area contributed by atoms with Gasteiger partial charge in [0.05, 0.1) is 0 Å². The summed E-state index contributed by atoms with van der Waals surface area (Å²) in [6.07, 6.45) is 3.09. The van der Waals surface area contributed by atoms with E-state index in [2.05, 4.69) is 13.2 Å². The molecule has 1 saturated heterocycles. The van der Waals surface area contributed by atoms with E-state index in [0.717, 1.165) is 11.6 Å².